The molecule has 0 aliphatic rings. The second-order valence-corrected chi connectivity index (χ2v) is 4.81. The fraction of sp³-hybridized carbons (Fsp3) is 0.462. The van der Waals surface area contributed by atoms with Crippen LogP contribution >= 0.6 is 0 Å². The van der Waals surface area contributed by atoms with Gasteiger partial charge >= 0.3 is 0 Å². The largest absolute Gasteiger partial charge is 0.398 e. The zero-order valence-corrected chi connectivity index (χ0v) is 9.92. The number of anilines is 1. The van der Waals surface area contributed by atoms with Gasteiger partial charge in [0.1, 0.15) is 0 Å². The van der Waals surface area contributed by atoms with E-state index in [0.29, 0.717) is 11.3 Å². The van der Waals surface area contributed by atoms with Crippen LogP contribution in [-0.2, 0) is 6.42 Å². The Hall–Kier alpha value is -1.31. The summed E-state index contributed by atoms with van der Waals surface area (Å²) in [5, 5.41) is 0. The van der Waals surface area contributed by atoms with Crippen molar-refractivity contribution in [3.63, 3.8) is 0 Å². The van der Waals surface area contributed by atoms with E-state index in [4.69, 9.17) is 5.73 Å². The number of para-hydroxylation sites is 1. The first kappa shape index (κ1) is 11.8. The summed E-state index contributed by atoms with van der Waals surface area (Å²) in [6.07, 6.45) is 0.858. The standard InChI is InChI=1S/C13H19NO/c1-5-9-7-6-8-10(11(9)14)12(15)13(2,3)4/h6-8H,5,14H2,1-4H3. The number of benzene rings is 1. The smallest absolute Gasteiger partial charge is 0.170 e. The van der Waals surface area contributed by atoms with E-state index in [1.54, 1.807) is 0 Å². The highest BCUT2D eigenvalue weighted by molar-refractivity contribution is 6.04. The Balaban J connectivity index is 3.22. The summed E-state index contributed by atoms with van der Waals surface area (Å²) in [6.45, 7) is 7.77. The van der Waals surface area contributed by atoms with Gasteiger partial charge in [-0.1, -0.05) is 39.8 Å². The van der Waals surface area contributed by atoms with Gasteiger partial charge in [0.05, 0.1) is 0 Å². The van der Waals surface area contributed by atoms with E-state index in [1.165, 1.54) is 0 Å². The van der Waals surface area contributed by atoms with Crippen molar-refractivity contribution in [2.75, 3.05) is 5.73 Å². The normalized spacial score (nSPS) is 11.5. The molecule has 0 atom stereocenters. The number of rotatable bonds is 2. The lowest BCUT2D eigenvalue weighted by molar-refractivity contribution is 0.0859. The Morgan fingerprint density at radius 2 is 1.93 bits per heavy atom. The Labute approximate surface area is 91.5 Å². The molecule has 0 amide bonds. The molecule has 15 heavy (non-hydrogen) atoms. The molecule has 1 rings (SSSR count). The fourth-order valence-corrected chi connectivity index (χ4v) is 1.52. The molecule has 0 saturated heterocycles. The highest BCUT2D eigenvalue weighted by Gasteiger charge is 2.24. The highest BCUT2D eigenvalue weighted by atomic mass is 16.1. The predicted octanol–water partition coefficient (Wildman–Crippen LogP) is 3.06. The molecule has 0 aromatic heterocycles. The minimum atomic E-state index is -0.375. The molecule has 0 bridgehead atoms. The van der Waals surface area contributed by atoms with Gasteiger partial charge in [0.25, 0.3) is 0 Å². The third kappa shape index (κ3) is 2.38. The first-order valence-electron chi connectivity index (χ1n) is 5.30. The summed E-state index contributed by atoms with van der Waals surface area (Å²) in [5.41, 5.74) is 7.94. The third-order valence-electron chi connectivity index (χ3n) is 2.50. The molecule has 0 radical (unpaired) electrons. The number of nitrogens with two attached hydrogens (primary N) is 1. The average molecular weight is 205 g/mol. The molecule has 0 aliphatic carbocycles. The summed E-state index contributed by atoms with van der Waals surface area (Å²) >= 11 is 0. The van der Waals surface area contributed by atoms with Crippen molar-refractivity contribution in [3.8, 4) is 0 Å². The van der Waals surface area contributed by atoms with E-state index in [1.807, 2.05) is 45.9 Å². The third-order valence-corrected chi connectivity index (χ3v) is 2.50. The van der Waals surface area contributed by atoms with Crippen LogP contribution in [0.3, 0.4) is 0 Å². The number of aryl methyl sites for hydroxylation is 1. The Morgan fingerprint density at radius 1 is 1.33 bits per heavy atom. The zero-order chi connectivity index (χ0) is 11.6. The topological polar surface area (TPSA) is 43.1 Å². The molecular formula is C13H19NO. The molecule has 0 aliphatic heterocycles. The molecule has 2 N–H and O–H groups in total. The van der Waals surface area contributed by atoms with Gasteiger partial charge in [-0.15, -0.1) is 0 Å². The molecule has 1 aromatic rings. The Bertz CT molecular complexity index is 375. The number of nitrogen functional groups attached to an aromatic ring is 1. The summed E-state index contributed by atoms with van der Waals surface area (Å²) in [6, 6.07) is 5.67. The maximum absolute atomic E-state index is 12.1. The summed E-state index contributed by atoms with van der Waals surface area (Å²) in [4.78, 5) is 12.1. The monoisotopic (exact) mass is 205 g/mol. The van der Waals surface area contributed by atoms with Crippen LogP contribution in [0.5, 0.6) is 0 Å². The molecule has 1 aromatic carbocycles. The molecule has 2 heteroatoms. The molecule has 0 unspecified atom stereocenters. The maximum Gasteiger partial charge on any atom is 0.170 e. The number of carbonyl (C=O) groups is 1. The van der Waals surface area contributed by atoms with Gasteiger partial charge in [-0.2, -0.15) is 0 Å². The van der Waals surface area contributed by atoms with Crippen LogP contribution in [0, 0.1) is 5.41 Å². The van der Waals surface area contributed by atoms with Crippen molar-refractivity contribution in [1.82, 2.24) is 0 Å². The van der Waals surface area contributed by atoms with E-state index >= 15 is 0 Å². The lowest BCUT2D eigenvalue weighted by Crippen LogP contribution is -2.21. The molecule has 0 fully saturated rings. The van der Waals surface area contributed by atoms with Gasteiger partial charge in [-0.25, -0.2) is 0 Å². The van der Waals surface area contributed by atoms with E-state index in [0.717, 1.165) is 12.0 Å². The molecule has 82 valence electrons. The van der Waals surface area contributed by atoms with Crippen LogP contribution in [0.2, 0.25) is 0 Å². The van der Waals surface area contributed by atoms with Crippen molar-refractivity contribution in [1.29, 1.82) is 0 Å². The minimum absolute atomic E-state index is 0.107. The number of ketones is 1. The number of hydrogen-bond acceptors (Lipinski definition) is 2. The van der Waals surface area contributed by atoms with Crippen LogP contribution in [-0.4, -0.2) is 5.78 Å². The first-order valence-corrected chi connectivity index (χ1v) is 5.30. The lowest BCUT2D eigenvalue weighted by Gasteiger charge is -2.18. The van der Waals surface area contributed by atoms with Gasteiger partial charge in [0, 0.05) is 16.7 Å². The highest BCUT2D eigenvalue weighted by Crippen LogP contribution is 2.26. The number of carbonyl (C=O) groups excluding carboxylic acids is 1. The van der Waals surface area contributed by atoms with Crippen molar-refractivity contribution >= 4 is 11.5 Å². The molecule has 0 spiro atoms. The van der Waals surface area contributed by atoms with Crippen molar-refractivity contribution < 1.29 is 4.79 Å². The van der Waals surface area contributed by atoms with Crippen LogP contribution in [0.25, 0.3) is 0 Å². The molecule has 2 nitrogen and oxygen atoms in total. The van der Waals surface area contributed by atoms with Crippen LogP contribution in [0.1, 0.15) is 43.6 Å². The van der Waals surface area contributed by atoms with Crippen LogP contribution in [0.4, 0.5) is 5.69 Å². The van der Waals surface area contributed by atoms with Crippen LogP contribution in [0.15, 0.2) is 18.2 Å². The SMILES string of the molecule is CCc1cccc(C(=O)C(C)(C)C)c1N. The van der Waals surface area contributed by atoms with E-state index in [2.05, 4.69) is 0 Å². The van der Waals surface area contributed by atoms with Crippen molar-refractivity contribution in [2.24, 2.45) is 5.41 Å². The van der Waals surface area contributed by atoms with Gasteiger partial charge in [-0.3, -0.25) is 4.79 Å². The van der Waals surface area contributed by atoms with E-state index in [-0.39, 0.29) is 11.2 Å². The number of Topliss-reactive ketones (excluding diaryl/α,β-unsaturated/α-hetero) is 1. The Kier molecular flexibility index (Phi) is 3.18. The molecular weight excluding hydrogens is 186 g/mol. The van der Waals surface area contributed by atoms with E-state index < -0.39 is 0 Å². The maximum atomic E-state index is 12.1. The quantitative estimate of drug-likeness (QED) is 0.595. The first-order chi connectivity index (χ1) is 6.88. The summed E-state index contributed by atoms with van der Waals surface area (Å²) < 4.78 is 0. The van der Waals surface area contributed by atoms with Gasteiger partial charge in [0.2, 0.25) is 0 Å². The zero-order valence-electron chi connectivity index (χ0n) is 9.92. The lowest BCUT2D eigenvalue weighted by atomic mass is 9.85. The van der Waals surface area contributed by atoms with Crippen LogP contribution < -0.4 is 5.73 Å². The van der Waals surface area contributed by atoms with Gasteiger partial charge in [0.15, 0.2) is 5.78 Å². The average Bonchev–Trinajstić information content (AvgIpc) is 2.16. The summed E-state index contributed by atoms with van der Waals surface area (Å²) in [5.74, 6) is 0.107. The van der Waals surface area contributed by atoms with E-state index in [9.17, 15) is 4.79 Å². The van der Waals surface area contributed by atoms with Gasteiger partial charge < -0.3 is 5.73 Å². The Morgan fingerprint density at radius 3 is 2.40 bits per heavy atom. The predicted molar refractivity (Wildman–Crippen MR) is 64.0 cm³/mol. The van der Waals surface area contributed by atoms with Crippen molar-refractivity contribution in [3.05, 3.63) is 29.3 Å². The van der Waals surface area contributed by atoms with Crippen molar-refractivity contribution in [2.45, 2.75) is 34.1 Å². The van der Waals surface area contributed by atoms with Gasteiger partial charge in [-0.05, 0) is 18.1 Å². The fourth-order valence-electron chi connectivity index (χ4n) is 1.52. The second-order valence-electron chi connectivity index (χ2n) is 4.81. The minimum Gasteiger partial charge on any atom is -0.398 e. The summed E-state index contributed by atoms with van der Waals surface area (Å²) in [7, 11) is 0. The second kappa shape index (κ2) is 4.05. The molecule has 0 heterocycles. The number of hydrogen-bond donors (Lipinski definition) is 1. The molecule has 0 saturated carbocycles.